The van der Waals surface area contributed by atoms with Crippen LogP contribution in [0.2, 0.25) is 0 Å². The van der Waals surface area contributed by atoms with Crippen molar-refractivity contribution >= 4 is 16.8 Å². The second kappa shape index (κ2) is 10.5. The van der Waals surface area contributed by atoms with E-state index in [0.29, 0.717) is 48.5 Å². The molecule has 4 aliphatic carbocycles. The average Bonchev–Trinajstić information content (AvgIpc) is 3.50. The van der Waals surface area contributed by atoms with E-state index in [4.69, 9.17) is 0 Å². The standard InChI is InChI=1S/C34H50N2O3/c1-21(8-13-32(39)35-17-15-24-18-22-6-4-5-7-30(22)36-24)27-11-12-28-26-10-9-23-19-25(37)14-16-33(23,2)29(26)20-31(38)34(27,28)3/h4-7,18,21,23,25-29,31,36-38H,8-17,19-20H2,1-3H3,(H,35,39)/t21-,23-,25-,26+,27-,28+,29+,31+,33+,34-/m1/s1. The molecule has 4 N–H and O–H groups in total. The van der Waals surface area contributed by atoms with E-state index >= 15 is 0 Å². The Balaban J connectivity index is 1.04. The van der Waals surface area contributed by atoms with Gasteiger partial charge in [0.2, 0.25) is 5.91 Å². The summed E-state index contributed by atoms with van der Waals surface area (Å²) in [5.74, 6) is 3.57. The first-order chi connectivity index (χ1) is 18.7. The van der Waals surface area contributed by atoms with Crippen molar-refractivity contribution in [2.75, 3.05) is 6.54 Å². The normalized spacial score (nSPS) is 40.5. The maximum atomic E-state index is 12.7. The predicted octanol–water partition coefficient (Wildman–Crippen LogP) is 6.23. The Bertz CT molecular complexity index is 1140. The van der Waals surface area contributed by atoms with Crippen LogP contribution in [-0.4, -0.2) is 39.9 Å². The molecule has 2 aromatic rings. The van der Waals surface area contributed by atoms with Gasteiger partial charge in [0, 0.05) is 30.6 Å². The van der Waals surface area contributed by atoms with Crippen molar-refractivity contribution in [3.05, 3.63) is 36.0 Å². The number of carbonyl (C=O) groups is 1. The molecule has 39 heavy (non-hydrogen) atoms. The van der Waals surface area contributed by atoms with Crippen LogP contribution in [0, 0.1) is 46.3 Å². The minimum Gasteiger partial charge on any atom is -0.393 e. The van der Waals surface area contributed by atoms with Gasteiger partial charge in [0.25, 0.3) is 0 Å². The molecule has 0 saturated heterocycles. The van der Waals surface area contributed by atoms with Gasteiger partial charge in [0.1, 0.15) is 0 Å². The summed E-state index contributed by atoms with van der Waals surface area (Å²) < 4.78 is 0. The number of para-hydroxylation sites is 1. The molecule has 1 aromatic heterocycles. The van der Waals surface area contributed by atoms with Crippen LogP contribution in [0.15, 0.2) is 30.3 Å². The molecular weight excluding hydrogens is 484 g/mol. The van der Waals surface area contributed by atoms with Gasteiger partial charge in [-0.2, -0.15) is 0 Å². The highest BCUT2D eigenvalue weighted by molar-refractivity contribution is 5.80. The Labute approximate surface area is 234 Å². The lowest BCUT2D eigenvalue weighted by Crippen LogP contribution is -2.58. The molecular formula is C34H50N2O3. The smallest absolute Gasteiger partial charge is 0.220 e. The van der Waals surface area contributed by atoms with E-state index in [-0.39, 0.29) is 28.9 Å². The molecule has 5 nitrogen and oxygen atoms in total. The number of hydrogen-bond donors (Lipinski definition) is 4. The van der Waals surface area contributed by atoms with E-state index in [9.17, 15) is 15.0 Å². The number of H-pyrrole nitrogens is 1. The fourth-order valence-electron chi connectivity index (χ4n) is 10.4. The molecule has 10 atom stereocenters. The topological polar surface area (TPSA) is 85.4 Å². The van der Waals surface area contributed by atoms with Crippen LogP contribution < -0.4 is 5.32 Å². The third-order valence-electron chi connectivity index (χ3n) is 12.6. The highest BCUT2D eigenvalue weighted by Gasteiger charge is 2.63. The first kappa shape index (κ1) is 27.3. The maximum Gasteiger partial charge on any atom is 0.220 e. The number of fused-ring (bicyclic) bond motifs is 6. The van der Waals surface area contributed by atoms with Crippen molar-refractivity contribution in [1.82, 2.24) is 10.3 Å². The van der Waals surface area contributed by atoms with Crippen molar-refractivity contribution in [2.24, 2.45) is 46.3 Å². The molecule has 6 rings (SSSR count). The molecule has 214 valence electrons. The zero-order valence-electron chi connectivity index (χ0n) is 24.3. The number of hydrogen-bond acceptors (Lipinski definition) is 3. The monoisotopic (exact) mass is 534 g/mol. The zero-order chi connectivity index (χ0) is 27.4. The lowest BCUT2D eigenvalue weighted by atomic mass is 9.43. The summed E-state index contributed by atoms with van der Waals surface area (Å²) in [6, 6.07) is 10.5. The summed E-state index contributed by atoms with van der Waals surface area (Å²) in [4.78, 5) is 16.2. The SMILES string of the molecule is C[C@H](CCC(=O)NCCc1cc2ccccc2[nH]1)[C@H]1CC[C@H]2[C@@H]3CC[C@@H]4C[C@H](O)CC[C@]4(C)[C@H]3C[C@H](O)[C@]12C. The van der Waals surface area contributed by atoms with Crippen molar-refractivity contribution in [2.45, 2.75) is 104 Å². The van der Waals surface area contributed by atoms with Gasteiger partial charge >= 0.3 is 0 Å². The lowest BCUT2D eigenvalue weighted by Gasteiger charge is -2.62. The summed E-state index contributed by atoms with van der Waals surface area (Å²) in [6.07, 6.45) is 10.7. The molecule has 5 heteroatoms. The first-order valence-corrected chi connectivity index (χ1v) is 15.9. The Morgan fingerprint density at radius 1 is 1.08 bits per heavy atom. The van der Waals surface area contributed by atoms with Crippen LogP contribution >= 0.6 is 0 Å². The number of carbonyl (C=O) groups excluding carboxylic acids is 1. The first-order valence-electron chi connectivity index (χ1n) is 15.9. The maximum absolute atomic E-state index is 12.7. The number of nitrogens with one attached hydrogen (secondary N) is 2. The molecule has 0 aliphatic heterocycles. The summed E-state index contributed by atoms with van der Waals surface area (Å²) in [5.41, 5.74) is 2.54. The van der Waals surface area contributed by atoms with E-state index in [1.807, 2.05) is 12.1 Å². The van der Waals surface area contributed by atoms with E-state index < -0.39 is 0 Å². The summed E-state index contributed by atoms with van der Waals surface area (Å²) in [7, 11) is 0. The summed E-state index contributed by atoms with van der Waals surface area (Å²) >= 11 is 0. The molecule has 0 unspecified atom stereocenters. The summed E-state index contributed by atoms with van der Waals surface area (Å²) in [6.45, 7) is 7.87. The second-order valence-electron chi connectivity index (χ2n) is 14.4. The predicted molar refractivity (Wildman–Crippen MR) is 156 cm³/mol. The molecule has 1 amide bonds. The van der Waals surface area contributed by atoms with Crippen molar-refractivity contribution in [1.29, 1.82) is 0 Å². The number of benzene rings is 1. The highest BCUT2D eigenvalue weighted by atomic mass is 16.3. The van der Waals surface area contributed by atoms with Gasteiger partial charge in [0.05, 0.1) is 12.2 Å². The lowest BCUT2D eigenvalue weighted by molar-refractivity contribution is -0.174. The van der Waals surface area contributed by atoms with Gasteiger partial charge in [0.15, 0.2) is 0 Å². The van der Waals surface area contributed by atoms with Crippen LogP contribution in [-0.2, 0) is 11.2 Å². The second-order valence-corrected chi connectivity index (χ2v) is 14.4. The zero-order valence-corrected chi connectivity index (χ0v) is 24.3. The molecule has 1 heterocycles. The molecule has 4 saturated carbocycles. The van der Waals surface area contributed by atoms with Gasteiger partial charge in [-0.15, -0.1) is 0 Å². The quantitative estimate of drug-likeness (QED) is 0.340. The third-order valence-corrected chi connectivity index (χ3v) is 12.6. The van der Waals surface area contributed by atoms with Crippen molar-refractivity contribution in [3.63, 3.8) is 0 Å². The number of aromatic amines is 1. The Morgan fingerprint density at radius 3 is 2.72 bits per heavy atom. The number of aromatic nitrogens is 1. The van der Waals surface area contributed by atoms with Crippen LogP contribution in [0.25, 0.3) is 10.9 Å². The van der Waals surface area contributed by atoms with Gasteiger partial charge in [-0.25, -0.2) is 0 Å². The number of amides is 1. The van der Waals surface area contributed by atoms with Crippen LogP contribution in [0.1, 0.15) is 90.7 Å². The van der Waals surface area contributed by atoms with E-state index in [1.54, 1.807) is 0 Å². The Morgan fingerprint density at radius 2 is 1.90 bits per heavy atom. The molecule has 0 spiro atoms. The van der Waals surface area contributed by atoms with Crippen molar-refractivity contribution in [3.8, 4) is 0 Å². The molecule has 0 radical (unpaired) electrons. The minimum absolute atomic E-state index is 0.0376. The molecule has 4 aliphatic rings. The summed E-state index contributed by atoms with van der Waals surface area (Å²) in [5, 5.41) is 26.5. The van der Waals surface area contributed by atoms with Crippen LogP contribution in [0.5, 0.6) is 0 Å². The van der Waals surface area contributed by atoms with Gasteiger partial charge < -0.3 is 20.5 Å². The fourth-order valence-corrected chi connectivity index (χ4v) is 10.4. The van der Waals surface area contributed by atoms with Gasteiger partial charge in [-0.1, -0.05) is 39.0 Å². The van der Waals surface area contributed by atoms with E-state index in [1.165, 1.54) is 31.1 Å². The number of rotatable bonds is 7. The van der Waals surface area contributed by atoms with Crippen LogP contribution in [0.3, 0.4) is 0 Å². The molecule has 4 fully saturated rings. The fraction of sp³-hybridized carbons (Fsp3) is 0.735. The molecule has 0 bridgehead atoms. The third kappa shape index (κ3) is 4.76. The number of aliphatic hydroxyl groups is 2. The van der Waals surface area contributed by atoms with Gasteiger partial charge in [-0.05, 0) is 122 Å². The van der Waals surface area contributed by atoms with Gasteiger partial charge in [-0.3, -0.25) is 4.79 Å². The van der Waals surface area contributed by atoms with E-state index in [0.717, 1.165) is 49.7 Å². The minimum atomic E-state index is -0.258. The number of aliphatic hydroxyl groups excluding tert-OH is 2. The van der Waals surface area contributed by atoms with Crippen molar-refractivity contribution < 1.29 is 15.0 Å². The average molecular weight is 535 g/mol. The highest BCUT2D eigenvalue weighted by Crippen LogP contribution is 2.68. The molecule has 1 aromatic carbocycles. The Kier molecular flexibility index (Phi) is 7.37. The Hall–Kier alpha value is -1.85. The van der Waals surface area contributed by atoms with E-state index in [2.05, 4.69) is 49.3 Å². The van der Waals surface area contributed by atoms with Crippen LogP contribution in [0.4, 0.5) is 0 Å². The largest absolute Gasteiger partial charge is 0.393 e.